The third-order valence-corrected chi connectivity index (χ3v) is 4.67. The van der Waals surface area contributed by atoms with Crippen LogP contribution in [0.5, 0.6) is 0 Å². The predicted octanol–water partition coefficient (Wildman–Crippen LogP) is 3.48. The number of alkyl halides is 3. The Morgan fingerprint density at radius 3 is 2.85 bits per heavy atom. The number of oxazole rings is 1. The highest BCUT2D eigenvalue weighted by molar-refractivity contribution is 6.32. The molecular weight excluding hydrogens is 371 g/mol. The second-order valence-corrected chi connectivity index (χ2v) is 6.53. The number of aromatic nitrogens is 3. The Balaban J connectivity index is 1.97. The van der Waals surface area contributed by atoms with Gasteiger partial charge in [-0.25, -0.2) is 4.68 Å². The number of nitrogens with zero attached hydrogens (tertiary/aromatic N) is 4. The topological polar surface area (TPSA) is 59.1 Å². The number of nitrogens with one attached hydrogen (secondary N) is 1. The number of piperazine rings is 1. The number of rotatable bonds is 2. The van der Waals surface area contributed by atoms with Crippen molar-refractivity contribution in [3.05, 3.63) is 35.1 Å². The molecule has 1 fully saturated rings. The van der Waals surface area contributed by atoms with Crippen molar-refractivity contribution < 1.29 is 17.6 Å². The van der Waals surface area contributed by atoms with E-state index in [1.54, 1.807) is 12.3 Å². The Morgan fingerprint density at radius 1 is 1.38 bits per heavy atom. The first kappa shape index (κ1) is 17.2. The van der Waals surface area contributed by atoms with Gasteiger partial charge in [-0.3, -0.25) is 0 Å². The van der Waals surface area contributed by atoms with Crippen LogP contribution < -0.4 is 10.2 Å². The van der Waals surface area contributed by atoms with Gasteiger partial charge in [0.25, 0.3) is 6.01 Å². The molecule has 0 unspecified atom stereocenters. The molecule has 0 saturated carbocycles. The van der Waals surface area contributed by atoms with Gasteiger partial charge in [-0.2, -0.15) is 23.3 Å². The first-order chi connectivity index (χ1) is 12.4. The van der Waals surface area contributed by atoms with Crippen LogP contribution in [0.25, 0.3) is 16.8 Å². The summed E-state index contributed by atoms with van der Waals surface area (Å²) in [6.07, 6.45) is -1.53. The van der Waals surface area contributed by atoms with E-state index in [9.17, 15) is 13.2 Å². The lowest BCUT2D eigenvalue weighted by Gasteiger charge is -2.32. The molecule has 138 valence electrons. The van der Waals surface area contributed by atoms with Crippen molar-refractivity contribution >= 4 is 28.7 Å². The summed E-state index contributed by atoms with van der Waals surface area (Å²) in [7, 11) is 0. The molecule has 0 bridgehead atoms. The van der Waals surface area contributed by atoms with Gasteiger partial charge in [-0.15, -0.1) is 0 Å². The fourth-order valence-electron chi connectivity index (χ4n) is 3.12. The van der Waals surface area contributed by atoms with E-state index in [0.29, 0.717) is 25.3 Å². The molecule has 0 spiro atoms. The second-order valence-electron chi connectivity index (χ2n) is 6.12. The van der Waals surface area contributed by atoms with Gasteiger partial charge in [0.1, 0.15) is 16.8 Å². The van der Waals surface area contributed by atoms with Gasteiger partial charge in [-0.1, -0.05) is 11.6 Å². The smallest absolute Gasteiger partial charge is 0.420 e. The molecule has 1 aromatic carbocycles. The van der Waals surface area contributed by atoms with Gasteiger partial charge >= 0.3 is 6.18 Å². The lowest BCUT2D eigenvalue weighted by Crippen LogP contribution is -2.50. The van der Waals surface area contributed by atoms with Crippen LogP contribution >= 0.6 is 11.6 Å². The normalized spacial score (nSPS) is 18.7. The lowest BCUT2D eigenvalue weighted by molar-refractivity contribution is -0.136. The molecule has 6 nitrogen and oxygen atoms in total. The number of benzene rings is 1. The van der Waals surface area contributed by atoms with Gasteiger partial charge < -0.3 is 14.6 Å². The maximum atomic E-state index is 13.6. The first-order valence-electron chi connectivity index (χ1n) is 8.04. The standard InChI is InChI=1S/C16H15ClF3N5O/c1-9-8-21-4-6-24(9)15-23-13-12(16(18,19)20)10(17)7-11(14(13)26-15)25-5-2-3-22-25/h2-3,5,7,9,21H,4,6,8H2,1H3/t9-/m1/s1. The van der Waals surface area contributed by atoms with Gasteiger partial charge in [0.15, 0.2) is 5.58 Å². The van der Waals surface area contributed by atoms with E-state index >= 15 is 0 Å². The molecule has 1 atom stereocenters. The molecule has 10 heteroatoms. The van der Waals surface area contributed by atoms with E-state index in [1.807, 2.05) is 11.8 Å². The van der Waals surface area contributed by atoms with E-state index in [1.165, 1.54) is 16.9 Å². The average Bonchev–Trinajstić information content (AvgIpc) is 3.22. The zero-order chi connectivity index (χ0) is 18.5. The van der Waals surface area contributed by atoms with Crippen LogP contribution in [0.1, 0.15) is 12.5 Å². The van der Waals surface area contributed by atoms with Crippen LogP contribution in [0.3, 0.4) is 0 Å². The largest absolute Gasteiger partial charge is 0.421 e. The highest BCUT2D eigenvalue weighted by Crippen LogP contribution is 2.43. The predicted molar refractivity (Wildman–Crippen MR) is 90.8 cm³/mol. The number of hydrogen-bond donors (Lipinski definition) is 1. The first-order valence-corrected chi connectivity index (χ1v) is 8.41. The summed E-state index contributed by atoms with van der Waals surface area (Å²) in [5, 5.41) is 6.85. The van der Waals surface area contributed by atoms with Crippen molar-refractivity contribution in [3.8, 4) is 5.69 Å². The molecule has 0 amide bonds. The molecule has 3 aromatic rings. The van der Waals surface area contributed by atoms with Crippen LogP contribution in [-0.2, 0) is 6.18 Å². The van der Waals surface area contributed by atoms with Crippen LogP contribution in [0.2, 0.25) is 5.02 Å². The average molecular weight is 386 g/mol. The Labute approximate surface area is 151 Å². The van der Waals surface area contributed by atoms with Crippen molar-refractivity contribution in [1.29, 1.82) is 0 Å². The van der Waals surface area contributed by atoms with E-state index in [4.69, 9.17) is 16.0 Å². The molecule has 3 heterocycles. The van der Waals surface area contributed by atoms with Gasteiger partial charge in [0, 0.05) is 38.1 Å². The SMILES string of the molecule is C[C@@H]1CNCCN1c1nc2c(C(F)(F)F)c(Cl)cc(-n3cccn3)c2o1. The van der Waals surface area contributed by atoms with Crippen LogP contribution in [0.4, 0.5) is 19.2 Å². The van der Waals surface area contributed by atoms with Gasteiger partial charge in [0.05, 0.1) is 5.02 Å². The Morgan fingerprint density at radius 2 is 2.19 bits per heavy atom. The molecular formula is C16H15ClF3N5O. The molecule has 1 saturated heterocycles. The highest BCUT2D eigenvalue weighted by Gasteiger charge is 2.39. The van der Waals surface area contributed by atoms with Crippen LogP contribution in [0.15, 0.2) is 28.9 Å². The minimum absolute atomic E-state index is 0.00570. The Bertz CT molecular complexity index is 938. The Hall–Kier alpha value is -2.26. The fraction of sp³-hybridized carbons (Fsp3) is 0.375. The number of halogens is 4. The molecule has 26 heavy (non-hydrogen) atoms. The summed E-state index contributed by atoms with van der Waals surface area (Å²) in [4.78, 5) is 6.02. The summed E-state index contributed by atoms with van der Waals surface area (Å²) >= 11 is 5.97. The molecule has 2 aromatic heterocycles. The van der Waals surface area contributed by atoms with Crippen LogP contribution in [0, 0.1) is 0 Å². The minimum atomic E-state index is -4.65. The van der Waals surface area contributed by atoms with E-state index in [2.05, 4.69) is 15.4 Å². The van der Waals surface area contributed by atoms with E-state index in [-0.39, 0.29) is 23.2 Å². The highest BCUT2D eigenvalue weighted by atomic mass is 35.5. The van der Waals surface area contributed by atoms with Crippen molar-refractivity contribution in [1.82, 2.24) is 20.1 Å². The summed E-state index contributed by atoms with van der Waals surface area (Å²) in [5.41, 5.74) is -0.991. The molecule has 0 radical (unpaired) electrons. The second kappa shape index (κ2) is 6.17. The lowest BCUT2D eigenvalue weighted by atomic mass is 10.1. The van der Waals surface area contributed by atoms with E-state index in [0.717, 1.165) is 0 Å². The summed E-state index contributed by atoms with van der Waals surface area (Å²) < 4.78 is 47.9. The van der Waals surface area contributed by atoms with Gasteiger partial charge in [-0.05, 0) is 19.1 Å². The van der Waals surface area contributed by atoms with Crippen molar-refractivity contribution in [2.75, 3.05) is 24.5 Å². The van der Waals surface area contributed by atoms with Crippen molar-refractivity contribution in [2.45, 2.75) is 19.1 Å². The Kier molecular flexibility index (Phi) is 4.07. The van der Waals surface area contributed by atoms with Gasteiger partial charge in [0.2, 0.25) is 0 Å². The van der Waals surface area contributed by atoms with E-state index < -0.39 is 16.8 Å². The summed E-state index contributed by atoms with van der Waals surface area (Å²) in [5.74, 6) is 0. The quantitative estimate of drug-likeness (QED) is 0.732. The summed E-state index contributed by atoms with van der Waals surface area (Å²) in [6.45, 7) is 3.92. The molecule has 4 rings (SSSR count). The fourth-order valence-corrected chi connectivity index (χ4v) is 3.42. The third-order valence-electron chi connectivity index (χ3n) is 4.37. The number of hydrogen-bond acceptors (Lipinski definition) is 5. The molecule has 1 N–H and O–H groups in total. The molecule has 0 aliphatic carbocycles. The van der Waals surface area contributed by atoms with Crippen molar-refractivity contribution in [3.63, 3.8) is 0 Å². The monoisotopic (exact) mass is 385 g/mol. The number of anilines is 1. The summed E-state index contributed by atoms with van der Waals surface area (Å²) in [6, 6.07) is 3.05. The van der Waals surface area contributed by atoms with Crippen molar-refractivity contribution in [2.24, 2.45) is 0 Å². The zero-order valence-corrected chi connectivity index (χ0v) is 14.5. The molecule has 1 aliphatic heterocycles. The van der Waals surface area contributed by atoms with Crippen LogP contribution in [-0.4, -0.2) is 40.4 Å². The molecule has 1 aliphatic rings. The zero-order valence-electron chi connectivity index (χ0n) is 13.7. The third kappa shape index (κ3) is 2.80. The maximum absolute atomic E-state index is 13.6. The maximum Gasteiger partial charge on any atom is 0.420 e. The minimum Gasteiger partial charge on any atom is -0.421 e. The number of fused-ring (bicyclic) bond motifs is 1.